The van der Waals surface area contributed by atoms with Gasteiger partial charge in [0.1, 0.15) is 0 Å². The normalized spacial score (nSPS) is 28.0. The second-order valence-corrected chi connectivity index (χ2v) is 9.16. The fourth-order valence-electron chi connectivity index (χ4n) is 4.52. The molecule has 4 atom stereocenters. The first-order chi connectivity index (χ1) is 12.5. The molecule has 2 N–H and O–H groups in total. The van der Waals surface area contributed by atoms with Crippen LogP contribution in [0.15, 0.2) is 47.4 Å². The SMILES string of the molecule is O=C(O)CCC/C=C\C[C@@H]1[C@@H]2CC[C@@H](C2)[C@@H]1NS(=O)(=O)c1ccccc1. The molecule has 0 amide bonds. The van der Waals surface area contributed by atoms with E-state index in [-0.39, 0.29) is 12.5 Å². The van der Waals surface area contributed by atoms with Crippen molar-refractivity contribution in [2.24, 2.45) is 17.8 Å². The van der Waals surface area contributed by atoms with Gasteiger partial charge >= 0.3 is 5.97 Å². The van der Waals surface area contributed by atoms with Crippen LogP contribution in [0.25, 0.3) is 0 Å². The number of fused-ring (bicyclic) bond motifs is 2. The summed E-state index contributed by atoms with van der Waals surface area (Å²) in [5.41, 5.74) is 0. The van der Waals surface area contributed by atoms with Crippen LogP contribution in [-0.4, -0.2) is 25.5 Å². The number of nitrogens with one attached hydrogen (secondary N) is 1. The summed E-state index contributed by atoms with van der Waals surface area (Å²) in [6, 6.07) is 8.57. The quantitative estimate of drug-likeness (QED) is 0.509. The van der Waals surface area contributed by atoms with Crippen LogP contribution in [-0.2, 0) is 14.8 Å². The van der Waals surface area contributed by atoms with Crippen molar-refractivity contribution in [2.45, 2.75) is 55.9 Å². The molecule has 0 heterocycles. The lowest BCUT2D eigenvalue weighted by Gasteiger charge is -2.31. The molecule has 1 aromatic carbocycles. The van der Waals surface area contributed by atoms with Gasteiger partial charge in [-0.2, -0.15) is 0 Å². The molecule has 26 heavy (non-hydrogen) atoms. The van der Waals surface area contributed by atoms with E-state index in [0.29, 0.717) is 29.1 Å². The molecule has 2 saturated carbocycles. The van der Waals surface area contributed by atoms with Crippen molar-refractivity contribution in [1.29, 1.82) is 0 Å². The van der Waals surface area contributed by atoms with E-state index in [2.05, 4.69) is 10.8 Å². The molecule has 2 aliphatic carbocycles. The molecular formula is C20H27NO4S. The molecule has 0 spiro atoms. The van der Waals surface area contributed by atoms with Crippen molar-refractivity contribution in [2.75, 3.05) is 0 Å². The van der Waals surface area contributed by atoms with Gasteiger partial charge in [0.2, 0.25) is 10.0 Å². The number of carboxylic acid groups (broad SMARTS) is 1. The lowest BCUT2D eigenvalue weighted by molar-refractivity contribution is -0.137. The summed E-state index contributed by atoms with van der Waals surface area (Å²) in [5, 5.41) is 8.66. The highest BCUT2D eigenvalue weighted by Gasteiger charge is 2.48. The first kappa shape index (κ1) is 19.1. The molecule has 2 bridgehead atoms. The zero-order valence-corrected chi connectivity index (χ0v) is 15.7. The Morgan fingerprint density at radius 3 is 2.62 bits per heavy atom. The standard InChI is InChI=1S/C20H27NO4S/c22-19(23)11-7-2-1-6-10-18-15-12-13-16(14-15)20(18)21-26(24,25)17-8-4-3-5-9-17/h1,3-6,8-9,15-16,18,20-21H,2,7,10-14H2,(H,22,23)/b6-1-/t15-,16+,18-,20+/m1/s1. The average Bonchev–Trinajstić information content (AvgIpc) is 3.20. The highest BCUT2D eigenvalue weighted by atomic mass is 32.2. The minimum Gasteiger partial charge on any atom is -0.481 e. The van der Waals surface area contributed by atoms with Crippen molar-refractivity contribution in [3.8, 4) is 0 Å². The number of carboxylic acids is 1. The third-order valence-electron chi connectivity index (χ3n) is 5.77. The minimum absolute atomic E-state index is 0.00243. The molecule has 0 aliphatic heterocycles. The van der Waals surface area contributed by atoms with Crippen LogP contribution in [0.2, 0.25) is 0 Å². The van der Waals surface area contributed by atoms with E-state index >= 15 is 0 Å². The van der Waals surface area contributed by atoms with Crippen LogP contribution < -0.4 is 4.72 Å². The maximum absolute atomic E-state index is 12.7. The Kier molecular flexibility index (Phi) is 6.14. The lowest BCUT2D eigenvalue weighted by atomic mass is 9.83. The molecule has 6 heteroatoms. The van der Waals surface area contributed by atoms with Gasteiger partial charge in [-0.15, -0.1) is 0 Å². The predicted octanol–water partition coefficient (Wildman–Crippen LogP) is 3.58. The molecule has 142 valence electrons. The number of carbonyl (C=O) groups is 1. The van der Waals surface area contributed by atoms with Crippen molar-refractivity contribution in [1.82, 2.24) is 4.72 Å². The number of allylic oxidation sites excluding steroid dienone is 2. The Bertz CT molecular complexity index is 744. The molecule has 1 aromatic rings. The van der Waals surface area contributed by atoms with Crippen LogP contribution >= 0.6 is 0 Å². The first-order valence-corrected chi connectivity index (χ1v) is 10.9. The summed E-state index contributed by atoms with van der Waals surface area (Å²) in [7, 11) is -3.49. The zero-order chi connectivity index (χ0) is 18.6. The van der Waals surface area contributed by atoms with Gasteiger partial charge in [0.25, 0.3) is 0 Å². The second kappa shape index (κ2) is 8.35. The Morgan fingerprint density at radius 1 is 1.15 bits per heavy atom. The smallest absolute Gasteiger partial charge is 0.303 e. The maximum Gasteiger partial charge on any atom is 0.303 e. The number of rotatable bonds is 9. The minimum atomic E-state index is -3.49. The molecule has 3 rings (SSSR count). The van der Waals surface area contributed by atoms with Crippen LogP contribution in [0.4, 0.5) is 0 Å². The predicted molar refractivity (Wildman–Crippen MR) is 100 cm³/mol. The molecule has 0 unspecified atom stereocenters. The number of hydrogen-bond donors (Lipinski definition) is 2. The Morgan fingerprint density at radius 2 is 1.88 bits per heavy atom. The fraction of sp³-hybridized carbons (Fsp3) is 0.550. The summed E-state index contributed by atoms with van der Waals surface area (Å²) >= 11 is 0. The molecule has 0 radical (unpaired) electrons. The van der Waals surface area contributed by atoms with Gasteiger partial charge in [-0.25, -0.2) is 13.1 Å². The largest absolute Gasteiger partial charge is 0.481 e. The number of aliphatic carboxylic acids is 1. The van der Waals surface area contributed by atoms with E-state index in [1.165, 1.54) is 6.42 Å². The van der Waals surface area contributed by atoms with Crippen molar-refractivity contribution in [3.05, 3.63) is 42.5 Å². The van der Waals surface area contributed by atoms with Crippen molar-refractivity contribution >= 4 is 16.0 Å². The summed E-state index contributed by atoms with van der Waals surface area (Å²) in [4.78, 5) is 10.9. The highest BCUT2D eigenvalue weighted by Crippen LogP contribution is 2.50. The van der Waals surface area contributed by atoms with Gasteiger partial charge in [0.15, 0.2) is 0 Å². The Labute approximate surface area is 155 Å². The van der Waals surface area contributed by atoms with E-state index < -0.39 is 16.0 Å². The van der Waals surface area contributed by atoms with Crippen molar-refractivity contribution < 1.29 is 18.3 Å². The summed E-state index contributed by atoms with van der Waals surface area (Å²) in [6.07, 6.45) is 10.00. The molecule has 0 aromatic heterocycles. The van der Waals surface area contributed by atoms with E-state index in [0.717, 1.165) is 25.7 Å². The second-order valence-electron chi connectivity index (χ2n) is 7.45. The first-order valence-electron chi connectivity index (χ1n) is 9.41. The molecule has 2 aliphatic rings. The van der Waals surface area contributed by atoms with Crippen LogP contribution in [0.1, 0.15) is 44.9 Å². The average molecular weight is 378 g/mol. The van der Waals surface area contributed by atoms with Gasteiger partial charge in [-0.1, -0.05) is 30.4 Å². The highest BCUT2D eigenvalue weighted by molar-refractivity contribution is 7.89. The van der Waals surface area contributed by atoms with E-state index in [1.807, 2.05) is 12.1 Å². The van der Waals surface area contributed by atoms with Crippen molar-refractivity contribution in [3.63, 3.8) is 0 Å². The fourth-order valence-corrected chi connectivity index (χ4v) is 5.90. The van der Waals surface area contributed by atoms with E-state index in [4.69, 9.17) is 5.11 Å². The zero-order valence-electron chi connectivity index (χ0n) is 14.9. The van der Waals surface area contributed by atoms with E-state index in [1.54, 1.807) is 24.3 Å². The summed E-state index contributed by atoms with van der Waals surface area (Å²) < 4.78 is 28.4. The topological polar surface area (TPSA) is 83.5 Å². The molecule has 0 saturated heterocycles. The monoisotopic (exact) mass is 377 g/mol. The summed E-state index contributed by atoms with van der Waals surface area (Å²) in [5.74, 6) is 0.598. The third kappa shape index (κ3) is 4.54. The van der Waals surface area contributed by atoms with Gasteiger partial charge in [-0.05, 0) is 68.4 Å². The third-order valence-corrected chi connectivity index (χ3v) is 7.24. The van der Waals surface area contributed by atoms with Gasteiger partial charge in [0.05, 0.1) is 4.90 Å². The number of sulfonamides is 1. The maximum atomic E-state index is 12.7. The van der Waals surface area contributed by atoms with Gasteiger partial charge < -0.3 is 5.11 Å². The van der Waals surface area contributed by atoms with Crippen LogP contribution in [0, 0.1) is 17.8 Å². The number of hydrogen-bond acceptors (Lipinski definition) is 3. The Balaban J connectivity index is 1.60. The van der Waals surface area contributed by atoms with E-state index in [9.17, 15) is 13.2 Å². The molecule has 2 fully saturated rings. The number of unbranched alkanes of at least 4 members (excludes halogenated alkanes) is 1. The molecule has 5 nitrogen and oxygen atoms in total. The Hall–Kier alpha value is -1.66. The van der Waals surface area contributed by atoms with Crippen LogP contribution in [0.5, 0.6) is 0 Å². The molecular weight excluding hydrogens is 350 g/mol. The van der Waals surface area contributed by atoms with Gasteiger partial charge in [0, 0.05) is 12.5 Å². The van der Waals surface area contributed by atoms with Crippen LogP contribution in [0.3, 0.4) is 0 Å². The lowest BCUT2D eigenvalue weighted by Crippen LogP contribution is -2.43. The summed E-state index contributed by atoms with van der Waals surface area (Å²) in [6.45, 7) is 0. The number of benzene rings is 1. The van der Waals surface area contributed by atoms with Gasteiger partial charge in [-0.3, -0.25) is 4.79 Å².